The van der Waals surface area contributed by atoms with E-state index in [0.29, 0.717) is 5.78 Å². The third kappa shape index (κ3) is 3.43. The first kappa shape index (κ1) is 18.0. The molecule has 0 unspecified atom stereocenters. The minimum absolute atomic E-state index is 0.679. The lowest BCUT2D eigenvalue weighted by Crippen LogP contribution is -2.05. The van der Waals surface area contributed by atoms with Gasteiger partial charge in [-0.1, -0.05) is 31.2 Å². The molecule has 0 saturated heterocycles. The third-order valence-corrected chi connectivity index (χ3v) is 5.78. The van der Waals surface area contributed by atoms with Crippen molar-refractivity contribution in [2.75, 3.05) is 0 Å². The predicted molar refractivity (Wildman–Crippen MR) is 108 cm³/mol. The highest BCUT2D eigenvalue weighted by atomic mass is 32.2. The Bertz CT molecular complexity index is 1110. The van der Waals surface area contributed by atoms with E-state index in [1.54, 1.807) is 11.8 Å². The summed E-state index contributed by atoms with van der Waals surface area (Å²) in [6.07, 6.45) is 5.47. The number of nitrogens with zero attached hydrogens (tertiary/aromatic N) is 6. The van der Waals surface area contributed by atoms with Crippen LogP contribution in [-0.4, -0.2) is 29.0 Å². The molecule has 7 heteroatoms. The summed E-state index contributed by atoms with van der Waals surface area (Å²) in [4.78, 5) is 14.0. The smallest absolute Gasteiger partial charge is 0.253 e. The minimum atomic E-state index is 0.679. The molecular weight excluding hydrogens is 356 g/mol. The molecule has 0 bridgehead atoms. The van der Waals surface area contributed by atoms with E-state index in [0.717, 1.165) is 40.1 Å². The first-order valence-electron chi connectivity index (χ1n) is 9.36. The normalized spacial score (nSPS) is 11.7. The van der Waals surface area contributed by atoms with Crippen molar-refractivity contribution in [2.24, 2.45) is 0 Å². The van der Waals surface area contributed by atoms with Crippen LogP contribution >= 0.6 is 11.8 Å². The lowest BCUT2D eigenvalue weighted by Gasteiger charge is -2.09. The van der Waals surface area contributed by atoms with Crippen LogP contribution in [0, 0.1) is 20.8 Å². The van der Waals surface area contributed by atoms with Gasteiger partial charge in [-0.05, 0) is 51.3 Å². The van der Waals surface area contributed by atoms with Crippen molar-refractivity contribution in [2.45, 2.75) is 57.9 Å². The number of aromatic nitrogens is 6. The van der Waals surface area contributed by atoms with Crippen molar-refractivity contribution < 1.29 is 0 Å². The fraction of sp³-hybridized carbons (Fsp3) is 0.400. The van der Waals surface area contributed by atoms with Crippen molar-refractivity contribution in [3.05, 3.63) is 52.7 Å². The molecule has 27 heavy (non-hydrogen) atoms. The number of fused-ring (bicyclic) bond motifs is 2. The second-order valence-corrected chi connectivity index (χ2v) is 7.83. The lowest BCUT2D eigenvalue weighted by molar-refractivity contribution is 0.753. The average molecular weight is 381 g/mol. The van der Waals surface area contributed by atoms with Crippen molar-refractivity contribution in [3.63, 3.8) is 0 Å². The maximum atomic E-state index is 4.69. The second-order valence-electron chi connectivity index (χ2n) is 6.89. The summed E-state index contributed by atoms with van der Waals surface area (Å²) < 4.78 is 4.00. The monoisotopic (exact) mass is 380 g/mol. The number of hydrogen-bond acceptors (Lipinski definition) is 5. The third-order valence-electron chi connectivity index (χ3n) is 4.90. The first-order valence-corrected chi connectivity index (χ1v) is 10.3. The van der Waals surface area contributed by atoms with Crippen LogP contribution in [0.2, 0.25) is 0 Å². The van der Waals surface area contributed by atoms with Gasteiger partial charge in [0.2, 0.25) is 5.16 Å². The Hall–Kier alpha value is -2.41. The van der Waals surface area contributed by atoms with E-state index in [1.807, 2.05) is 16.6 Å². The summed E-state index contributed by atoms with van der Waals surface area (Å²) in [6, 6.07) is 6.14. The van der Waals surface area contributed by atoms with Crippen LogP contribution < -0.4 is 0 Å². The summed E-state index contributed by atoms with van der Waals surface area (Å²) in [5, 5.41) is 5.42. The molecule has 0 atom stereocenters. The van der Waals surface area contributed by atoms with Gasteiger partial charge >= 0.3 is 0 Å². The van der Waals surface area contributed by atoms with Gasteiger partial charge in [-0.15, -0.1) is 5.10 Å². The second kappa shape index (κ2) is 7.31. The zero-order valence-corrected chi connectivity index (χ0v) is 17.0. The number of aryl methyl sites for hydroxylation is 3. The maximum Gasteiger partial charge on any atom is 0.253 e. The van der Waals surface area contributed by atoms with Gasteiger partial charge in [0, 0.05) is 29.0 Å². The molecule has 0 aromatic carbocycles. The largest absolute Gasteiger partial charge is 0.304 e. The molecule has 4 aromatic rings. The van der Waals surface area contributed by atoms with Gasteiger partial charge in [0.1, 0.15) is 5.65 Å². The maximum absolute atomic E-state index is 4.69. The van der Waals surface area contributed by atoms with Gasteiger partial charge < -0.3 is 4.40 Å². The van der Waals surface area contributed by atoms with Gasteiger partial charge in [0.05, 0.1) is 5.69 Å². The summed E-state index contributed by atoms with van der Waals surface area (Å²) in [5.74, 6) is 1.41. The van der Waals surface area contributed by atoms with E-state index < -0.39 is 0 Å². The molecular formula is C20H24N6S. The Kier molecular flexibility index (Phi) is 4.86. The zero-order chi connectivity index (χ0) is 19.0. The molecule has 4 rings (SSSR count). The molecule has 0 fully saturated rings. The molecule has 4 heterocycles. The molecule has 0 N–H and O–H groups in total. The molecule has 0 radical (unpaired) electrons. The van der Waals surface area contributed by atoms with Gasteiger partial charge in [0.25, 0.3) is 5.78 Å². The first-order chi connectivity index (χ1) is 13.1. The van der Waals surface area contributed by atoms with Crippen molar-refractivity contribution in [1.29, 1.82) is 0 Å². The van der Waals surface area contributed by atoms with E-state index in [9.17, 15) is 0 Å². The van der Waals surface area contributed by atoms with Crippen molar-refractivity contribution in [1.82, 2.24) is 29.0 Å². The van der Waals surface area contributed by atoms with Crippen LogP contribution in [-0.2, 0) is 12.2 Å². The summed E-state index contributed by atoms with van der Waals surface area (Å²) in [6.45, 7) is 8.48. The van der Waals surface area contributed by atoms with Crippen LogP contribution in [0.15, 0.2) is 29.6 Å². The molecule has 4 aromatic heterocycles. The molecule has 140 valence electrons. The van der Waals surface area contributed by atoms with Crippen LogP contribution in [0.3, 0.4) is 0 Å². The molecule has 0 aliphatic carbocycles. The topological polar surface area (TPSA) is 60.4 Å². The Labute approximate surface area is 163 Å². The Balaban J connectivity index is 1.58. The quantitative estimate of drug-likeness (QED) is 0.466. The van der Waals surface area contributed by atoms with E-state index in [-0.39, 0.29) is 0 Å². The lowest BCUT2D eigenvalue weighted by atomic mass is 10.1. The number of rotatable bonds is 6. The Morgan fingerprint density at radius 3 is 2.70 bits per heavy atom. The fourth-order valence-electron chi connectivity index (χ4n) is 3.37. The van der Waals surface area contributed by atoms with Crippen molar-refractivity contribution >= 4 is 23.2 Å². The summed E-state index contributed by atoms with van der Waals surface area (Å²) in [5.41, 5.74) is 6.68. The van der Waals surface area contributed by atoms with Gasteiger partial charge in [0.15, 0.2) is 0 Å². The molecule has 0 saturated carbocycles. The summed E-state index contributed by atoms with van der Waals surface area (Å²) in [7, 11) is 0. The molecule has 0 aliphatic rings. The van der Waals surface area contributed by atoms with Gasteiger partial charge in [-0.25, -0.2) is 14.5 Å². The summed E-state index contributed by atoms with van der Waals surface area (Å²) >= 11 is 1.60. The van der Waals surface area contributed by atoms with E-state index in [2.05, 4.69) is 64.4 Å². The molecule has 0 amide bonds. The number of thioether (sulfide) groups is 1. The highest BCUT2D eigenvalue weighted by Gasteiger charge is 2.14. The fourth-order valence-corrected chi connectivity index (χ4v) is 4.08. The minimum Gasteiger partial charge on any atom is -0.304 e. The van der Waals surface area contributed by atoms with E-state index >= 15 is 0 Å². The van der Waals surface area contributed by atoms with Crippen LogP contribution in [0.1, 0.15) is 48.1 Å². The number of imidazole rings is 1. The Morgan fingerprint density at radius 1 is 1.07 bits per heavy atom. The highest BCUT2D eigenvalue weighted by molar-refractivity contribution is 7.98. The number of pyridine rings is 1. The average Bonchev–Trinajstić information content (AvgIpc) is 3.24. The number of hydrogen-bond donors (Lipinski definition) is 0. The van der Waals surface area contributed by atoms with Crippen LogP contribution in [0.4, 0.5) is 0 Å². The molecule has 6 nitrogen and oxygen atoms in total. The predicted octanol–water partition coefficient (Wildman–Crippen LogP) is 4.33. The van der Waals surface area contributed by atoms with Gasteiger partial charge in [-0.3, -0.25) is 0 Å². The van der Waals surface area contributed by atoms with E-state index in [1.165, 1.54) is 24.1 Å². The SMILES string of the molecule is CCCCc1c(C)nc2nc(SCc3cn4c(C)cccc4n3)nn2c1C. The standard InChI is InChI=1S/C20H24N6S/c1-5-6-9-17-14(3)21-19-23-20(24-26(19)15(17)4)27-12-16-11-25-13(2)8-7-10-18(25)22-16/h7-8,10-11H,5-6,9,12H2,1-4H3. The van der Waals surface area contributed by atoms with Gasteiger partial charge in [-0.2, -0.15) is 4.98 Å². The van der Waals surface area contributed by atoms with Crippen LogP contribution in [0.5, 0.6) is 0 Å². The Morgan fingerprint density at radius 2 is 1.93 bits per heavy atom. The number of unbranched alkanes of at least 4 members (excludes halogenated alkanes) is 1. The molecule has 0 spiro atoms. The van der Waals surface area contributed by atoms with Crippen molar-refractivity contribution in [3.8, 4) is 0 Å². The van der Waals surface area contributed by atoms with Crippen LogP contribution in [0.25, 0.3) is 11.4 Å². The zero-order valence-electron chi connectivity index (χ0n) is 16.2. The highest BCUT2D eigenvalue weighted by Crippen LogP contribution is 2.22. The molecule has 0 aliphatic heterocycles. The van der Waals surface area contributed by atoms with E-state index in [4.69, 9.17) is 0 Å².